The molecular weight excluding hydrogens is 186 g/mol. The summed E-state index contributed by atoms with van der Waals surface area (Å²) in [6, 6.07) is 9.75. The second-order valence-corrected chi connectivity index (χ2v) is 3.43. The quantitative estimate of drug-likeness (QED) is 0.697. The van der Waals surface area contributed by atoms with Crippen LogP contribution in [-0.2, 0) is 4.79 Å². The summed E-state index contributed by atoms with van der Waals surface area (Å²) in [4.78, 5) is 13.1. The predicted octanol–water partition coefficient (Wildman–Crippen LogP) is 2.34. The summed E-state index contributed by atoms with van der Waals surface area (Å²) in [6.07, 6.45) is 6.65. The van der Waals surface area contributed by atoms with Gasteiger partial charge < -0.3 is 4.90 Å². The smallest absolute Gasteiger partial charge is 0.180 e. The van der Waals surface area contributed by atoms with Gasteiger partial charge in [-0.2, -0.15) is 0 Å². The van der Waals surface area contributed by atoms with E-state index in [0.29, 0.717) is 0 Å². The molecule has 2 heteroatoms. The Morgan fingerprint density at radius 2 is 1.80 bits per heavy atom. The van der Waals surface area contributed by atoms with Crippen LogP contribution in [0.15, 0.2) is 48.7 Å². The van der Waals surface area contributed by atoms with Crippen molar-refractivity contribution in [3.63, 3.8) is 0 Å². The normalized spacial score (nSPS) is 11.1. The number of hydrogen-bond acceptors (Lipinski definition) is 2. The van der Waals surface area contributed by atoms with E-state index in [1.807, 2.05) is 55.4 Å². The number of nitrogens with zero attached hydrogens (tertiary/aromatic N) is 1. The van der Waals surface area contributed by atoms with Crippen molar-refractivity contribution in [2.24, 2.45) is 0 Å². The molecule has 0 unspecified atom stereocenters. The molecule has 78 valence electrons. The predicted molar refractivity (Wildman–Crippen MR) is 63.3 cm³/mol. The molecule has 0 amide bonds. The third kappa shape index (κ3) is 4.81. The summed E-state index contributed by atoms with van der Waals surface area (Å²) in [5.41, 5.74) is 1.03. The van der Waals surface area contributed by atoms with Crippen molar-refractivity contribution in [3.8, 4) is 0 Å². The standard InChI is InChI=1S/C13H15NO/c1-14(2)11-10-13(15)9-8-12-6-4-3-5-7-12/h3-11H,1-2H3. The van der Waals surface area contributed by atoms with Crippen LogP contribution in [0.1, 0.15) is 5.56 Å². The van der Waals surface area contributed by atoms with Crippen LogP contribution >= 0.6 is 0 Å². The minimum atomic E-state index is -0.00690. The van der Waals surface area contributed by atoms with E-state index in [-0.39, 0.29) is 5.78 Å². The summed E-state index contributed by atoms with van der Waals surface area (Å²) in [5.74, 6) is -0.00690. The molecule has 0 atom stereocenters. The fourth-order valence-corrected chi connectivity index (χ4v) is 1.02. The Morgan fingerprint density at radius 3 is 2.40 bits per heavy atom. The minimum absolute atomic E-state index is 0.00690. The van der Waals surface area contributed by atoms with Gasteiger partial charge in [0.15, 0.2) is 5.78 Å². The molecule has 0 heterocycles. The van der Waals surface area contributed by atoms with Crippen LogP contribution in [0.2, 0.25) is 0 Å². The van der Waals surface area contributed by atoms with E-state index in [1.54, 1.807) is 18.4 Å². The molecule has 1 rings (SSSR count). The van der Waals surface area contributed by atoms with Gasteiger partial charge in [0.05, 0.1) is 0 Å². The summed E-state index contributed by atoms with van der Waals surface area (Å²) in [7, 11) is 3.76. The van der Waals surface area contributed by atoms with E-state index >= 15 is 0 Å². The average Bonchev–Trinajstić information content (AvgIpc) is 2.25. The van der Waals surface area contributed by atoms with Crippen molar-refractivity contribution < 1.29 is 4.79 Å². The van der Waals surface area contributed by atoms with E-state index in [2.05, 4.69) is 0 Å². The van der Waals surface area contributed by atoms with Gasteiger partial charge in [0, 0.05) is 26.4 Å². The van der Waals surface area contributed by atoms with Crippen LogP contribution in [0.5, 0.6) is 0 Å². The van der Waals surface area contributed by atoms with E-state index in [4.69, 9.17) is 0 Å². The maximum atomic E-state index is 11.3. The highest BCUT2D eigenvalue weighted by Gasteiger charge is 1.89. The van der Waals surface area contributed by atoms with Gasteiger partial charge in [-0.25, -0.2) is 0 Å². The number of benzene rings is 1. The molecule has 0 spiro atoms. The highest BCUT2D eigenvalue weighted by atomic mass is 16.1. The number of hydrogen-bond donors (Lipinski definition) is 0. The van der Waals surface area contributed by atoms with Crippen molar-refractivity contribution in [2.45, 2.75) is 0 Å². The molecule has 0 aliphatic heterocycles. The van der Waals surface area contributed by atoms with Gasteiger partial charge in [0.2, 0.25) is 0 Å². The zero-order valence-corrected chi connectivity index (χ0v) is 9.05. The first-order valence-corrected chi connectivity index (χ1v) is 4.80. The Labute approximate surface area is 90.5 Å². The van der Waals surface area contributed by atoms with Gasteiger partial charge in [-0.1, -0.05) is 36.4 Å². The van der Waals surface area contributed by atoms with E-state index in [0.717, 1.165) is 5.56 Å². The third-order valence-corrected chi connectivity index (χ3v) is 1.78. The lowest BCUT2D eigenvalue weighted by molar-refractivity contribution is -0.110. The summed E-state index contributed by atoms with van der Waals surface area (Å²) in [5, 5.41) is 0. The summed E-state index contributed by atoms with van der Waals surface area (Å²) >= 11 is 0. The zero-order valence-electron chi connectivity index (χ0n) is 9.05. The van der Waals surface area contributed by atoms with Gasteiger partial charge >= 0.3 is 0 Å². The Bertz CT molecular complexity index is 363. The van der Waals surface area contributed by atoms with Crippen LogP contribution < -0.4 is 0 Å². The molecule has 0 N–H and O–H groups in total. The fourth-order valence-electron chi connectivity index (χ4n) is 1.02. The Kier molecular flexibility index (Phi) is 4.35. The number of allylic oxidation sites excluding steroid dienone is 2. The highest BCUT2D eigenvalue weighted by Crippen LogP contribution is 2.00. The average molecular weight is 201 g/mol. The monoisotopic (exact) mass is 201 g/mol. The van der Waals surface area contributed by atoms with E-state index < -0.39 is 0 Å². The first-order valence-electron chi connectivity index (χ1n) is 4.80. The van der Waals surface area contributed by atoms with Crippen molar-refractivity contribution in [1.82, 2.24) is 4.90 Å². The van der Waals surface area contributed by atoms with Crippen LogP contribution in [-0.4, -0.2) is 24.8 Å². The van der Waals surface area contributed by atoms with Gasteiger partial charge in [-0.05, 0) is 11.6 Å². The molecule has 0 aromatic heterocycles. The molecule has 0 saturated carbocycles. The lowest BCUT2D eigenvalue weighted by atomic mass is 10.2. The number of rotatable bonds is 4. The Balaban J connectivity index is 2.55. The Morgan fingerprint density at radius 1 is 1.13 bits per heavy atom. The molecule has 2 nitrogen and oxygen atoms in total. The third-order valence-electron chi connectivity index (χ3n) is 1.78. The second-order valence-electron chi connectivity index (χ2n) is 3.43. The molecule has 0 bridgehead atoms. The minimum Gasteiger partial charge on any atom is -0.383 e. The lowest BCUT2D eigenvalue weighted by Gasteiger charge is -2.01. The summed E-state index contributed by atoms with van der Waals surface area (Å²) in [6.45, 7) is 0. The van der Waals surface area contributed by atoms with Gasteiger partial charge in [0.25, 0.3) is 0 Å². The fraction of sp³-hybridized carbons (Fsp3) is 0.154. The lowest BCUT2D eigenvalue weighted by Crippen LogP contribution is -2.01. The molecule has 0 radical (unpaired) electrons. The molecule has 0 saturated heterocycles. The van der Waals surface area contributed by atoms with Gasteiger partial charge in [0.1, 0.15) is 0 Å². The molecule has 0 aliphatic rings. The van der Waals surface area contributed by atoms with Crippen LogP contribution in [0.3, 0.4) is 0 Å². The van der Waals surface area contributed by atoms with E-state index in [1.165, 1.54) is 0 Å². The molecule has 0 aliphatic carbocycles. The number of carbonyl (C=O) groups is 1. The second kappa shape index (κ2) is 5.81. The number of ketones is 1. The van der Waals surface area contributed by atoms with Crippen molar-refractivity contribution in [3.05, 3.63) is 54.2 Å². The maximum absolute atomic E-state index is 11.3. The molecule has 0 fully saturated rings. The van der Waals surface area contributed by atoms with Gasteiger partial charge in [-0.15, -0.1) is 0 Å². The summed E-state index contributed by atoms with van der Waals surface area (Å²) < 4.78 is 0. The van der Waals surface area contributed by atoms with Crippen molar-refractivity contribution >= 4 is 11.9 Å². The number of carbonyl (C=O) groups excluding carboxylic acids is 1. The topological polar surface area (TPSA) is 20.3 Å². The van der Waals surface area contributed by atoms with Crippen molar-refractivity contribution in [2.75, 3.05) is 14.1 Å². The Hall–Kier alpha value is -1.83. The molecule has 1 aromatic rings. The highest BCUT2D eigenvalue weighted by molar-refractivity contribution is 6.01. The van der Waals surface area contributed by atoms with Crippen LogP contribution in [0, 0.1) is 0 Å². The molecule has 15 heavy (non-hydrogen) atoms. The largest absolute Gasteiger partial charge is 0.383 e. The molecular formula is C13H15NO. The first kappa shape index (κ1) is 11.2. The maximum Gasteiger partial charge on any atom is 0.180 e. The molecule has 1 aromatic carbocycles. The zero-order chi connectivity index (χ0) is 11.1. The van der Waals surface area contributed by atoms with Crippen LogP contribution in [0.4, 0.5) is 0 Å². The van der Waals surface area contributed by atoms with E-state index in [9.17, 15) is 4.79 Å². The van der Waals surface area contributed by atoms with Crippen molar-refractivity contribution in [1.29, 1.82) is 0 Å². The first-order chi connectivity index (χ1) is 7.18. The van der Waals surface area contributed by atoms with Gasteiger partial charge in [-0.3, -0.25) is 4.79 Å². The van der Waals surface area contributed by atoms with Crippen LogP contribution in [0.25, 0.3) is 6.08 Å². The SMILES string of the molecule is CN(C)C=CC(=O)C=Cc1ccccc1.